The maximum absolute atomic E-state index is 11.0. The highest BCUT2D eigenvalue weighted by molar-refractivity contribution is 5.95. The van der Waals surface area contributed by atoms with E-state index in [4.69, 9.17) is 5.11 Å². The van der Waals surface area contributed by atoms with E-state index in [1.165, 1.54) is 5.69 Å². The molecule has 0 saturated carbocycles. The van der Waals surface area contributed by atoms with Crippen LogP contribution in [0.4, 0.5) is 0 Å². The third-order valence-corrected chi connectivity index (χ3v) is 3.08. The number of benzene rings is 1. The van der Waals surface area contributed by atoms with Crippen molar-refractivity contribution in [2.75, 3.05) is 0 Å². The van der Waals surface area contributed by atoms with Crippen LogP contribution < -0.4 is 0 Å². The Hall–Kier alpha value is -1.77. The van der Waals surface area contributed by atoms with Crippen LogP contribution in [0.2, 0.25) is 0 Å². The van der Waals surface area contributed by atoms with Gasteiger partial charge in [-0.05, 0) is 51.5 Å². The molecule has 0 aliphatic carbocycles. The number of hydrogen-bond acceptors (Lipinski definition) is 1. The molecule has 1 N–H and O–H groups in total. The molecule has 0 unspecified atom stereocenters. The number of carboxylic acids is 1. The first-order valence-corrected chi connectivity index (χ1v) is 5.77. The van der Waals surface area contributed by atoms with Crippen molar-refractivity contribution in [2.24, 2.45) is 0 Å². The number of hydrogen-bond donors (Lipinski definition) is 1. The molecule has 0 spiro atoms. The largest absolute Gasteiger partial charge is 0.478 e. The number of carbonyl (C=O) groups is 1. The van der Waals surface area contributed by atoms with Crippen molar-refractivity contribution in [3.05, 3.63) is 35.0 Å². The Labute approximate surface area is 101 Å². The van der Waals surface area contributed by atoms with Gasteiger partial charge in [0, 0.05) is 17.1 Å². The predicted molar refractivity (Wildman–Crippen MR) is 68.8 cm³/mol. The van der Waals surface area contributed by atoms with Gasteiger partial charge >= 0.3 is 5.97 Å². The van der Waals surface area contributed by atoms with Crippen molar-refractivity contribution >= 4 is 16.9 Å². The van der Waals surface area contributed by atoms with Gasteiger partial charge < -0.3 is 9.67 Å². The number of aromatic nitrogens is 1. The van der Waals surface area contributed by atoms with E-state index in [1.54, 1.807) is 12.1 Å². The summed E-state index contributed by atoms with van der Waals surface area (Å²) >= 11 is 0. The van der Waals surface area contributed by atoms with Crippen LogP contribution in [0.1, 0.15) is 41.5 Å². The molecule has 0 bridgehead atoms. The average molecular weight is 231 g/mol. The van der Waals surface area contributed by atoms with Crippen molar-refractivity contribution < 1.29 is 9.90 Å². The molecular weight excluding hydrogens is 214 g/mol. The van der Waals surface area contributed by atoms with Gasteiger partial charge in [-0.1, -0.05) is 0 Å². The molecule has 2 rings (SSSR count). The zero-order chi connectivity index (χ0) is 12.7. The molecule has 1 aromatic carbocycles. The van der Waals surface area contributed by atoms with Gasteiger partial charge in [0.05, 0.1) is 11.1 Å². The van der Waals surface area contributed by atoms with E-state index in [-0.39, 0.29) is 0 Å². The van der Waals surface area contributed by atoms with Gasteiger partial charge in [0.1, 0.15) is 0 Å². The van der Waals surface area contributed by atoms with Crippen LogP contribution >= 0.6 is 0 Å². The van der Waals surface area contributed by atoms with Crippen LogP contribution in [0.15, 0.2) is 18.2 Å². The summed E-state index contributed by atoms with van der Waals surface area (Å²) in [5.41, 5.74) is 3.68. The summed E-state index contributed by atoms with van der Waals surface area (Å²) < 4.78 is 2.25. The minimum atomic E-state index is -0.870. The molecule has 0 aliphatic rings. The number of carboxylic acid groups (broad SMARTS) is 1. The lowest BCUT2D eigenvalue weighted by atomic mass is 10.1. The van der Waals surface area contributed by atoms with E-state index in [9.17, 15) is 4.79 Å². The summed E-state index contributed by atoms with van der Waals surface area (Å²) in [6.07, 6.45) is 0. The van der Waals surface area contributed by atoms with Crippen LogP contribution in [-0.2, 0) is 0 Å². The number of nitrogens with zero attached hydrogens (tertiary/aromatic N) is 1. The topological polar surface area (TPSA) is 42.2 Å². The van der Waals surface area contributed by atoms with E-state index in [0.29, 0.717) is 11.6 Å². The van der Waals surface area contributed by atoms with E-state index in [2.05, 4.69) is 31.4 Å². The number of aromatic carboxylic acids is 1. The van der Waals surface area contributed by atoms with Crippen molar-refractivity contribution in [2.45, 2.75) is 33.7 Å². The van der Waals surface area contributed by atoms with E-state index in [0.717, 1.165) is 16.5 Å². The molecule has 90 valence electrons. The van der Waals surface area contributed by atoms with Crippen LogP contribution in [-0.4, -0.2) is 15.6 Å². The Morgan fingerprint density at radius 3 is 2.41 bits per heavy atom. The van der Waals surface area contributed by atoms with Crippen LogP contribution in [0, 0.1) is 13.8 Å². The normalized spacial score (nSPS) is 11.4. The average Bonchev–Trinajstić information content (AvgIpc) is 2.54. The molecule has 0 radical (unpaired) electrons. The highest BCUT2D eigenvalue weighted by Gasteiger charge is 2.13. The lowest BCUT2D eigenvalue weighted by Gasteiger charge is -2.14. The Balaban J connectivity index is 2.81. The van der Waals surface area contributed by atoms with Gasteiger partial charge in [-0.25, -0.2) is 4.79 Å². The summed E-state index contributed by atoms with van der Waals surface area (Å²) in [4.78, 5) is 11.0. The molecule has 0 fully saturated rings. The van der Waals surface area contributed by atoms with Crippen molar-refractivity contribution in [1.29, 1.82) is 0 Å². The van der Waals surface area contributed by atoms with Crippen molar-refractivity contribution in [3.8, 4) is 0 Å². The van der Waals surface area contributed by atoms with Crippen LogP contribution in [0.5, 0.6) is 0 Å². The summed E-state index contributed by atoms with van der Waals surface area (Å²) in [6.45, 7) is 8.29. The quantitative estimate of drug-likeness (QED) is 0.859. The second-order valence-corrected chi connectivity index (χ2v) is 4.79. The first-order valence-electron chi connectivity index (χ1n) is 5.77. The lowest BCUT2D eigenvalue weighted by molar-refractivity contribution is 0.0697. The molecular formula is C14H17NO2. The summed E-state index contributed by atoms with van der Waals surface area (Å²) in [7, 11) is 0. The summed E-state index contributed by atoms with van der Waals surface area (Å²) in [5, 5.41) is 10.1. The molecule has 2 aromatic rings. The molecule has 1 heterocycles. The first kappa shape index (κ1) is 11.7. The zero-order valence-electron chi connectivity index (χ0n) is 10.6. The van der Waals surface area contributed by atoms with Gasteiger partial charge in [-0.3, -0.25) is 0 Å². The Morgan fingerprint density at radius 2 is 1.88 bits per heavy atom. The van der Waals surface area contributed by atoms with Gasteiger partial charge in [-0.15, -0.1) is 0 Å². The molecule has 0 aliphatic heterocycles. The van der Waals surface area contributed by atoms with Crippen molar-refractivity contribution in [1.82, 2.24) is 4.57 Å². The minimum absolute atomic E-state index is 0.357. The van der Waals surface area contributed by atoms with Gasteiger partial charge in [-0.2, -0.15) is 0 Å². The fraction of sp³-hybridized carbons (Fsp3) is 0.357. The van der Waals surface area contributed by atoms with Gasteiger partial charge in [0.25, 0.3) is 0 Å². The summed E-state index contributed by atoms with van der Waals surface area (Å²) in [6, 6.07) is 5.91. The SMILES string of the molecule is Cc1cc(C(=O)O)cc2cc(C)n(C(C)C)c12. The molecule has 1 aromatic heterocycles. The Morgan fingerprint density at radius 1 is 1.24 bits per heavy atom. The predicted octanol–water partition coefficient (Wildman–Crippen LogP) is 3.54. The third kappa shape index (κ3) is 1.82. The minimum Gasteiger partial charge on any atom is -0.478 e. The fourth-order valence-corrected chi connectivity index (χ4v) is 2.51. The third-order valence-electron chi connectivity index (χ3n) is 3.08. The zero-order valence-corrected chi connectivity index (χ0v) is 10.6. The first-order chi connectivity index (χ1) is 7.91. The monoisotopic (exact) mass is 231 g/mol. The fourth-order valence-electron chi connectivity index (χ4n) is 2.51. The molecule has 0 amide bonds. The van der Waals surface area contributed by atoms with Crippen LogP contribution in [0.25, 0.3) is 10.9 Å². The van der Waals surface area contributed by atoms with E-state index in [1.807, 2.05) is 6.92 Å². The maximum Gasteiger partial charge on any atom is 0.335 e. The lowest BCUT2D eigenvalue weighted by Crippen LogP contribution is -2.04. The van der Waals surface area contributed by atoms with Gasteiger partial charge in [0.2, 0.25) is 0 Å². The second kappa shape index (κ2) is 3.91. The van der Waals surface area contributed by atoms with E-state index >= 15 is 0 Å². The number of aryl methyl sites for hydroxylation is 2. The molecule has 3 nitrogen and oxygen atoms in total. The highest BCUT2D eigenvalue weighted by Crippen LogP contribution is 2.27. The van der Waals surface area contributed by atoms with E-state index < -0.39 is 5.97 Å². The molecule has 17 heavy (non-hydrogen) atoms. The molecule has 0 saturated heterocycles. The summed E-state index contributed by atoms with van der Waals surface area (Å²) in [5.74, 6) is -0.870. The molecule has 3 heteroatoms. The van der Waals surface area contributed by atoms with Crippen LogP contribution in [0.3, 0.4) is 0 Å². The highest BCUT2D eigenvalue weighted by atomic mass is 16.4. The molecule has 0 atom stereocenters. The number of rotatable bonds is 2. The Bertz CT molecular complexity index is 594. The van der Waals surface area contributed by atoms with Crippen molar-refractivity contribution in [3.63, 3.8) is 0 Å². The number of fused-ring (bicyclic) bond motifs is 1. The van der Waals surface area contributed by atoms with Gasteiger partial charge in [0.15, 0.2) is 0 Å². The Kier molecular flexibility index (Phi) is 2.69. The second-order valence-electron chi connectivity index (χ2n) is 4.79. The maximum atomic E-state index is 11.0. The standard InChI is InChI=1S/C14H17NO2/c1-8(2)15-10(4)6-11-7-12(14(16)17)5-9(3)13(11)15/h5-8H,1-4H3,(H,16,17). The smallest absolute Gasteiger partial charge is 0.335 e.